The highest BCUT2D eigenvalue weighted by molar-refractivity contribution is 5.81. The van der Waals surface area contributed by atoms with E-state index in [-0.39, 0.29) is 11.8 Å². The fourth-order valence-electron chi connectivity index (χ4n) is 4.83. The molecular weight excluding hydrogens is 406 g/mol. The summed E-state index contributed by atoms with van der Waals surface area (Å²) in [7, 11) is 0. The molecule has 1 aliphatic heterocycles. The smallest absolute Gasteiger partial charge is 0.223 e. The molecule has 0 spiro atoms. The van der Waals surface area contributed by atoms with Gasteiger partial charge in [-0.15, -0.1) is 0 Å². The van der Waals surface area contributed by atoms with Crippen LogP contribution >= 0.6 is 0 Å². The molecule has 1 aromatic heterocycles. The van der Waals surface area contributed by atoms with Gasteiger partial charge < -0.3 is 9.47 Å². The van der Waals surface area contributed by atoms with Crippen molar-refractivity contribution in [1.29, 1.82) is 0 Å². The van der Waals surface area contributed by atoms with E-state index in [1.807, 2.05) is 17.0 Å². The van der Waals surface area contributed by atoms with Crippen molar-refractivity contribution in [3.63, 3.8) is 0 Å². The lowest BCUT2D eigenvalue weighted by molar-refractivity contribution is -0.127. The van der Waals surface area contributed by atoms with E-state index in [1.165, 1.54) is 16.7 Å². The molecule has 4 heteroatoms. The molecular formula is C29H31N3O. The summed E-state index contributed by atoms with van der Waals surface area (Å²) < 4.78 is 2.32. The minimum Gasteiger partial charge on any atom is -0.342 e. The molecule has 2 heterocycles. The van der Waals surface area contributed by atoms with Crippen molar-refractivity contribution < 1.29 is 4.79 Å². The van der Waals surface area contributed by atoms with Gasteiger partial charge in [0.2, 0.25) is 5.91 Å². The minimum atomic E-state index is 0.121. The van der Waals surface area contributed by atoms with Crippen LogP contribution in [0.3, 0.4) is 0 Å². The van der Waals surface area contributed by atoms with E-state index < -0.39 is 0 Å². The zero-order valence-electron chi connectivity index (χ0n) is 19.4. The molecule has 1 unspecified atom stereocenters. The predicted octanol–water partition coefficient (Wildman–Crippen LogP) is 5.77. The number of carbonyl (C=O) groups excluding carboxylic acids is 1. The van der Waals surface area contributed by atoms with Crippen molar-refractivity contribution in [3.05, 3.63) is 101 Å². The highest BCUT2D eigenvalue weighted by Gasteiger charge is 2.33. The summed E-state index contributed by atoms with van der Waals surface area (Å²) in [6.07, 6.45) is 1.42. The van der Waals surface area contributed by atoms with Crippen molar-refractivity contribution >= 4 is 16.9 Å². The van der Waals surface area contributed by atoms with Crippen LogP contribution in [0.15, 0.2) is 78.9 Å². The lowest BCUT2D eigenvalue weighted by Crippen LogP contribution is -2.27. The second-order valence-electron chi connectivity index (χ2n) is 9.42. The molecule has 1 aliphatic rings. The monoisotopic (exact) mass is 437 g/mol. The Kier molecular flexibility index (Phi) is 5.99. The van der Waals surface area contributed by atoms with Crippen molar-refractivity contribution in [3.8, 4) is 0 Å². The molecule has 0 bridgehead atoms. The summed E-state index contributed by atoms with van der Waals surface area (Å²) in [6, 6.07) is 27.6. The average molecular weight is 438 g/mol. The maximum atomic E-state index is 12.9. The number of fused-ring (bicyclic) bond motifs is 1. The van der Waals surface area contributed by atoms with Gasteiger partial charge in [0.1, 0.15) is 5.82 Å². The molecule has 33 heavy (non-hydrogen) atoms. The first-order valence-corrected chi connectivity index (χ1v) is 11.9. The van der Waals surface area contributed by atoms with Crippen LogP contribution in [-0.4, -0.2) is 33.4 Å². The Labute approximate surface area is 195 Å². The van der Waals surface area contributed by atoms with Crippen molar-refractivity contribution in [2.75, 3.05) is 13.1 Å². The number of hydrogen-bond acceptors (Lipinski definition) is 2. The zero-order valence-corrected chi connectivity index (χ0v) is 19.4. The molecule has 1 fully saturated rings. The molecule has 1 atom stereocenters. The number of hydrogen-bond donors (Lipinski definition) is 0. The highest BCUT2D eigenvalue weighted by Crippen LogP contribution is 2.31. The minimum absolute atomic E-state index is 0.121. The van der Waals surface area contributed by atoms with E-state index in [0.717, 1.165) is 42.9 Å². The van der Waals surface area contributed by atoms with E-state index >= 15 is 0 Å². The predicted molar refractivity (Wildman–Crippen MR) is 133 cm³/mol. The topological polar surface area (TPSA) is 38.1 Å². The molecule has 0 aliphatic carbocycles. The van der Waals surface area contributed by atoms with E-state index in [0.29, 0.717) is 12.3 Å². The Balaban J connectivity index is 1.39. The molecule has 5 rings (SSSR count). The van der Waals surface area contributed by atoms with Crippen molar-refractivity contribution in [1.82, 2.24) is 14.5 Å². The van der Waals surface area contributed by atoms with Gasteiger partial charge in [-0.2, -0.15) is 0 Å². The Hall–Kier alpha value is -3.40. The van der Waals surface area contributed by atoms with Gasteiger partial charge in [-0.3, -0.25) is 4.79 Å². The van der Waals surface area contributed by atoms with Gasteiger partial charge in [0, 0.05) is 32.0 Å². The number of imidazole rings is 1. The van der Waals surface area contributed by atoms with Gasteiger partial charge in [-0.05, 0) is 41.2 Å². The fraction of sp³-hybridized carbons (Fsp3) is 0.310. The first-order chi connectivity index (χ1) is 16.1. The first kappa shape index (κ1) is 21.4. The molecule has 3 aromatic carbocycles. The summed E-state index contributed by atoms with van der Waals surface area (Å²) >= 11 is 0. The van der Waals surface area contributed by atoms with Crippen LogP contribution in [0.25, 0.3) is 11.0 Å². The lowest BCUT2D eigenvalue weighted by Gasteiger charge is -2.17. The van der Waals surface area contributed by atoms with Gasteiger partial charge >= 0.3 is 0 Å². The molecule has 4 nitrogen and oxygen atoms in total. The third-order valence-electron chi connectivity index (χ3n) is 6.76. The average Bonchev–Trinajstić information content (AvgIpc) is 3.39. The van der Waals surface area contributed by atoms with Crippen LogP contribution in [0.5, 0.6) is 0 Å². The number of benzene rings is 3. The maximum absolute atomic E-state index is 12.9. The van der Waals surface area contributed by atoms with Crippen LogP contribution in [0.4, 0.5) is 0 Å². The number of likely N-dealkylation sites (tertiary alicyclic amines) is 1. The third kappa shape index (κ3) is 4.56. The van der Waals surface area contributed by atoms with Crippen LogP contribution in [0.2, 0.25) is 0 Å². The lowest BCUT2D eigenvalue weighted by atomic mass is 10.0. The van der Waals surface area contributed by atoms with Crippen LogP contribution in [0.1, 0.15) is 54.6 Å². The third-order valence-corrected chi connectivity index (χ3v) is 6.76. The maximum Gasteiger partial charge on any atom is 0.223 e. The summed E-state index contributed by atoms with van der Waals surface area (Å²) in [6.45, 7) is 6.70. The second-order valence-corrected chi connectivity index (χ2v) is 9.42. The zero-order chi connectivity index (χ0) is 22.8. The summed E-state index contributed by atoms with van der Waals surface area (Å²) in [5.41, 5.74) is 6.02. The Morgan fingerprint density at radius 3 is 2.39 bits per heavy atom. The fourth-order valence-corrected chi connectivity index (χ4v) is 4.83. The van der Waals surface area contributed by atoms with E-state index in [4.69, 9.17) is 4.98 Å². The van der Waals surface area contributed by atoms with Crippen LogP contribution < -0.4 is 0 Å². The highest BCUT2D eigenvalue weighted by atomic mass is 16.2. The first-order valence-electron chi connectivity index (χ1n) is 11.9. The molecule has 1 amide bonds. The van der Waals surface area contributed by atoms with Gasteiger partial charge in [-0.25, -0.2) is 4.98 Å². The molecule has 0 saturated carbocycles. The SMILES string of the molecule is CC(C)c1ccc(Cn2c(C3CC(=O)N(CCc4ccccc4)C3)nc3ccccc32)cc1. The van der Waals surface area contributed by atoms with E-state index in [1.54, 1.807) is 0 Å². The molecule has 1 saturated heterocycles. The molecule has 168 valence electrons. The second kappa shape index (κ2) is 9.22. The van der Waals surface area contributed by atoms with Crippen molar-refractivity contribution in [2.45, 2.75) is 45.1 Å². The quantitative estimate of drug-likeness (QED) is 0.368. The normalized spacial score (nSPS) is 16.3. The Morgan fingerprint density at radius 1 is 0.909 bits per heavy atom. The summed E-state index contributed by atoms with van der Waals surface area (Å²) in [4.78, 5) is 19.9. The number of amides is 1. The summed E-state index contributed by atoms with van der Waals surface area (Å²) in [5, 5.41) is 0. The standard InChI is InChI=1S/C29H31N3O/c1-21(2)24-14-12-23(13-15-24)19-32-27-11-7-6-10-26(27)30-29(32)25-18-28(33)31(20-25)17-16-22-8-4-3-5-9-22/h3-15,21,25H,16-20H2,1-2H3. The van der Waals surface area contributed by atoms with Gasteiger partial charge in [0.05, 0.1) is 11.0 Å². The van der Waals surface area contributed by atoms with Gasteiger partial charge in [-0.1, -0.05) is 80.6 Å². The Bertz CT molecular complexity index is 1240. The van der Waals surface area contributed by atoms with Crippen LogP contribution in [-0.2, 0) is 17.8 Å². The number of aromatic nitrogens is 2. The van der Waals surface area contributed by atoms with Crippen LogP contribution in [0, 0.1) is 0 Å². The molecule has 0 N–H and O–H groups in total. The van der Waals surface area contributed by atoms with Gasteiger partial charge in [0.25, 0.3) is 0 Å². The van der Waals surface area contributed by atoms with E-state index in [2.05, 4.69) is 85.1 Å². The number of para-hydroxylation sites is 2. The summed E-state index contributed by atoms with van der Waals surface area (Å²) in [5.74, 6) is 1.90. The Morgan fingerprint density at radius 2 is 1.64 bits per heavy atom. The van der Waals surface area contributed by atoms with Gasteiger partial charge in [0.15, 0.2) is 0 Å². The molecule has 0 radical (unpaired) electrons. The number of carbonyl (C=O) groups is 1. The number of rotatable bonds is 7. The molecule has 4 aromatic rings. The number of nitrogens with zero attached hydrogens (tertiary/aromatic N) is 3. The van der Waals surface area contributed by atoms with E-state index in [9.17, 15) is 4.79 Å². The largest absolute Gasteiger partial charge is 0.342 e. The van der Waals surface area contributed by atoms with Crippen molar-refractivity contribution in [2.24, 2.45) is 0 Å².